The highest BCUT2D eigenvalue weighted by atomic mass is 16.6. The molecule has 1 saturated heterocycles. The molecule has 0 aromatic carbocycles. The molecule has 1 aliphatic heterocycles. The van der Waals surface area contributed by atoms with Gasteiger partial charge >= 0.3 is 5.69 Å². The molecule has 1 aromatic rings. The molecule has 19 heavy (non-hydrogen) atoms. The molecule has 0 spiro atoms. The van der Waals surface area contributed by atoms with Crippen LogP contribution in [-0.2, 0) is 7.05 Å². The summed E-state index contributed by atoms with van der Waals surface area (Å²) in [6, 6.07) is 0.0102. The van der Waals surface area contributed by atoms with Crippen LogP contribution in [0, 0.1) is 17.0 Å². The number of nitro groups is 1. The Hall–Kier alpha value is -1.96. The van der Waals surface area contributed by atoms with E-state index in [9.17, 15) is 14.9 Å². The van der Waals surface area contributed by atoms with E-state index >= 15 is 0 Å². The van der Waals surface area contributed by atoms with Gasteiger partial charge in [-0.05, 0) is 13.8 Å². The number of piperazine rings is 1. The van der Waals surface area contributed by atoms with E-state index in [0.717, 1.165) is 0 Å². The van der Waals surface area contributed by atoms with Gasteiger partial charge in [-0.2, -0.15) is 5.10 Å². The van der Waals surface area contributed by atoms with E-state index in [1.165, 1.54) is 11.6 Å². The topological polar surface area (TPSA) is 93.3 Å². The number of carbonyl (C=O) groups is 1. The third kappa shape index (κ3) is 2.30. The maximum absolute atomic E-state index is 12.5. The second-order valence-electron chi connectivity index (χ2n) is 4.72. The molecule has 2 rings (SSSR count). The number of nitrogens with zero attached hydrogens (tertiary/aromatic N) is 4. The van der Waals surface area contributed by atoms with Crippen molar-refractivity contribution in [2.45, 2.75) is 19.9 Å². The van der Waals surface area contributed by atoms with E-state index in [4.69, 9.17) is 0 Å². The maximum Gasteiger partial charge on any atom is 0.322 e. The van der Waals surface area contributed by atoms with Crippen LogP contribution in [0.2, 0.25) is 0 Å². The molecule has 1 aliphatic rings. The van der Waals surface area contributed by atoms with Gasteiger partial charge in [0.1, 0.15) is 5.69 Å². The molecular formula is C11H17N5O3. The minimum Gasteiger partial charge on any atom is -0.332 e. The Morgan fingerprint density at radius 2 is 2.26 bits per heavy atom. The Kier molecular flexibility index (Phi) is 3.52. The molecule has 8 heteroatoms. The number of rotatable bonds is 2. The van der Waals surface area contributed by atoms with Crippen LogP contribution >= 0.6 is 0 Å². The summed E-state index contributed by atoms with van der Waals surface area (Å²) in [4.78, 5) is 24.7. The highest BCUT2D eigenvalue weighted by Gasteiger charge is 2.34. The Labute approximate surface area is 110 Å². The number of hydrogen-bond donors (Lipinski definition) is 1. The summed E-state index contributed by atoms with van der Waals surface area (Å²) in [6.45, 7) is 5.38. The van der Waals surface area contributed by atoms with Crippen molar-refractivity contribution >= 4 is 11.6 Å². The van der Waals surface area contributed by atoms with E-state index in [0.29, 0.717) is 19.6 Å². The smallest absolute Gasteiger partial charge is 0.322 e. The number of aryl methyl sites for hydroxylation is 2. The molecule has 104 valence electrons. The second kappa shape index (κ2) is 4.96. The van der Waals surface area contributed by atoms with Gasteiger partial charge in [-0.25, -0.2) is 0 Å². The monoisotopic (exact) mass is 267 g/mol. The molecular weight excluding hydrogens is 250 g/mol. The van der Waals surface area contributed by atoms with Crippen LogP contribution in [0.1, 0.15) is 23.1 Å². The van der Waals surface area contributed by atoms with Crippen LogP contribution < -0.4 is 5.32 Å². The van der Waals surface area contributed by atoms with E-state index in [1.54, 1.807) is 11.9 Å². The Balaban J connectivity index is 2.41. The number of nitrogens with one attached hydrogen (secondary N) is 1. The SMILES string of the molecule is Cc1nn(C)c(C(=O)N2CCNC[C@H]2C)c1[N+](=O)[O-]. The van der Waals surface area contributed by atoms with Gasteiger partial charge in [0.2, 0.25) is 5.69 Å². The molecule has 0 bridgehead atoms. The highest BCUT2D eigenvalue weighted by Crippen LogP contribution is 2.24. The van der Waals surface area contributed by atoms with Crippen molar-refractivity contribution in [3.63, 3.8) is 0 Å². The zero-order chi connectivity index (χ0) is 14.2. The third-order valence-electron chi connectivity index (χ3n) is 3.34. The normalized spacial score (nSPS) is 19.5. The number of aromatic nitrogens is 2. The zero-order valence-corrected chi connectivity index (χ0v) is 11.2. The Morgan fingerprint density at radius 1 is 1.58 bits per heavy atom. The molecule has 0 saturated carbocycles. The summed E-state index contributed by atoms with van der Waals surface area (Å²) in [6.07, 6.45) is 0. The first kappa shape index (κ1) is 13.5. The molecule has 2 heterocycles. The first-order valence-corrected chi connectivity index (χ1v) is 6.13. The molecule has 1 fully saturated rings. The van der Waals surface area contributed by atoms with Crippen LogP contribution in [-0.4, -0.2) is 51.2 Å². The minimum absolute atomic E-state index is 0.0102. The molecule has 0 unspecified atom stereocenters. The fourth-order valence-electron chi connectivity index (χ4n) is 2.38. The first-order chi connectivity index (χ1) is 8.93. The molecule has 0 aliphatic carbocycles. The lowest BCUT2D eigenvalue weighted by Gasteiger charge is -2.33. The molecule has 1 amide bonds. The van der Waals surface area contributed by atoms with Gasteiger partial charge in [-0.3, -0.25) is 19.6 Å². The molecule has 1 aromatic heterocycles. The average Bonchev–Trinajstić information content (AvgIpc) is 2.64. The maximum atomic E-state index is 12.5. The molecule has 1 atom stereocenters. The van der Waals surface area contributed by atoms with Crippen LogP contribution in [0.5, 0.6) is 0 Å². The van der Waals surface area contributed by atoms with Crippen molar-refractivity contribution in [2.75, 3.05) is 19.6 Å². The van der Waals surface area contributed by atoms with Gasteiger partial charge in [0.25, 0.3) is 5.91 Å². The molecule has 1 N–H and O–H groups in total. The van der Waals surface area contributed by atoms with Gasteiger partial charge in [-0.15, -0.1) is 0 Å². The highest BCUT2D eigenvalue weighted by molar-refractivity contribution is 5.97. The van der Waals surface area contributed by atoms with Crippen molar-refractivity contribution in [1.29, 1.82) is 0 Å². The van der Waals surface area contributed by atoms with Gasteiger partial charge in [0.05, 0.1) is 4.92 Å². The van der Waals surface area contributed by atoms with Gasteiger partial charge < -0.3 is 10.2 Å². The number of hydrogen-bond acceptors (Lipinski definition) is 5. The predicted molar refractivity (Wildman–Crippen MR) is 68.0 cm³/mol. The van der Waals surface area contributed by atoms with Gasteiger partial charge in [-0.1, -0.05) is 0 Å². The predicted octanol–water partition coefficient (Wildman–Crippen LogP) is 0.0706. The first-order valence-electron chi connectivity index (χ1n) is 6.13. The summed E-state index contributed by atoms with van der Waals surface area (Å²) in [5.41, 5.74) is 0.119. The third-order valence-corrected chi connectivity index (χ3v) is 3.34. The lowest BCUT2D eigenvalue weighted by Crippen LogP contribution is -2.52. The lowest BCUT2D eigenvalue weighted by atomic mass is 10.2. The van der Waals surface area contributed by atoms with Gasteiger partial charge in [0, 0.05) is 32.7 Å². The van der Waals surface area contributed by atoms with Gasteiger partial charge in [0.15, 0.2) is 0 Å². The van der Waals surface area contributed by atoms with Crippen molar-refractivity contribution in [1.82, 2.24) is 20.0 Å². The Morgan fingerprint density at radius 3 is 2.84 bits per heavy atom. The van der Waals surface area contributed by atoms with Crippen LogP contribution in [0.25, 0.3) is 0 Å². The minimum atomic E-state index is -0.539. The van der Waals surface area contributed by atoms with Crippen LogP contribution in [0.15, 0.2) is 0 Å². The summed E-state index contributed by atoms with van der Waals surface area (Å²) in [5.74, 6) is -0.330. The largest absolute Gasteiger partial charge is 0.332 e. The van der Waals surface area contributed by atoms with Crippen molar-refractivity contribution in [2.24, 2.45) is 7.05 Å². The average molecular weight is 267 g/mol. The summed E-state index contributed by atoms with van der Waals surface area (Å²) < 4.78 is 1.30. The van der Waals surface area contributed by atoms with E-state index in [1.807, 2.05) is 6.92 Å². The fourth-order valence-corrected chi connectivity index (χ4v) is 2.38. The summed E-state index contributed by atoms with van der Waals surface area (Å²) in [7, 11) is 1.56. The molecule has 0 radical (unpaired) electrons. The quantitative estimate of drug-likeness (QED) is 0.604. The van der Waals surface area contributed by atoms with Crippen molar-refractivity contribution in [3.05, 3.63) is 21.5 Å². The van der Waals surface area contributed by atoms with Crippen LogP contribution in [0.4, 0.5) is 5.69 Å². The van der Waals surface area contributed by atoms with E-state index < -0.39 is 4.92 Å². The number of amides is 1. The Bertz CT molecular complexity index is 525. The standard InChI is InChI=1S/C11H17N5O3/c1-7-6-12-4-5-15(7)11(17)10-9(16(18)19)8(2)13-14(10)3/h7,12H,4-6H2,1-3H3/t7-/m1/s1. The second-order valence-corrected chi connectivity index (χ2v) is 4.72. The van der Waals surface area contributed by atoms with Crippen LogP contribution in [0.3, 0.4) is 0 Å². The van der Waals surface area contributed by atoms with Crippen molar-refractivity contribution < 1.29 is 9.72 Å². The fraction of sp³-hybridized carbons (Fsp3) is 0.636. The zero-order valence-electron chi connectivity index (χ0n) is 11.2. The van der Waals surface area contributed by atoms with E-state index in [-0.39, 0.29) is 29.0 Å². The lowest BCUT2D eigenvalue weighted by molar-refractivity contribution is -0.385. The number of carbonyl (C=O) groups excluding carboxylic acids is 1. The summed E-state index contributed by atoms with van der Waals surface area (Å²) in [5, 5.41) is 18.3. The van der Waals surface area contributed by atoms with Crippen molar-refractivity contribution in [3.8, 4) is 0 Å². The van der Waals surface area contributed by atoms with E-state index in [2.05, 4.69) is 10.4 Å². The molecule has 8 nitrogen and oxygen atoms in total. The summed E-state index contributed by atoms with van der Waals surface area (Å²) >= 11 is 0.